The molecule has 0 radical (unpaired) electrons. The zero-order chi connectivity index (χ0) is 22.5. The number of thiophene rings is 1. The summed E-state index contributed by atoms with van der Waals surface area (Å²) in [4.78, 5) is 14.3. The second-order valence-electron chi connectivity index (χ2n) is 7.17. The molecule has 3 aromatic rings. The van der Waals surface area contributed by atoms with Gasteiger partial charge in [-0.25, -0.2) is 0 Å². The average Bonchev–Trinajstić information content (AvgIpc) is 3.33. The van der Waals surface area contributed by atoms with Crippen LogP contribution in [-0.2, 0) is 10.5 Å². The van der Waals surface area contributed by atoms with E-state index in [1.54, 1.807) is 0 Å². The first-order chi connectivity index (χ1) is 15.6. The van der Waals surface area contributed by atoms with E-state index in [0.717, 1.165) is 21.2 Å². The number of para-hydroxylation sites is 1. The van der Waals surface area contributed by atoms with E-state index < -0.39 is 5.92 Å². The Kier molecular flexibility index (Phi) is 7.01. The van der Waals surface area contributed by atoms with E-state index in [1.807, 2.05) is 79.0 Å². The first-order valence-electron chi connectivity index (χ1n) is 9.96. The number of hydrogen-bond donors (Lipinski definition) is 2. The highest BCUT2D eigenvalue weighted by Gasteiger charge is 2.35. The fraction of sp³-hybridized carbons (Fsp3) is 0.120. The molecule has 1 aliphatic heterocycles. The number of anilines is 1. The molecule has 1 amide bonds. The summed E-state index contributed by atoms with van der Waals surface area (Å²) in [5.41, 5.74) is 3.53. The van der Waals surface area contributed by atoms with Gasteiger partial charge in [0.25, 0.3) is 5.91 Å². The van der Waals surface area contributed by atoms with Gasteiger partial charge in [0.2, 0.25) is 0 Å². The number of halogens is 1. The van der Waals surface area contributed by atoms with Gasteiger partial charge in [-0.1, -0.05) is 54.1 Å². The highest BCUT2D eigenvalue weighted by Crippen LogP contribution is 2.43. The molecule has 7 heteroatoms. The summed E-state index contributed by atoms with van der Waals surface area (Å²) in [6.07, 6.45) is 0. The molecule has 0 saturated heterocycles. The van der Waals surface area contributed by atoms with Gasteiger partial charge in [-0.2, -0.15) is 5.26 Å². The van der Waals surface area contributed by atoms with Gasteiger partial charge in [0.05, 0.1) is 22.6 Å². The molecule has 160 valence electrons. The highest BCUT2D eigenvalue weighted by atomic mass is 35.5. The number of allylic oxidation sites excluding steroid dienone is 2. The molecule has 32 heavy (non-hydrogen) atoms. The summed E-state index contributed by atoms with van der Waals surface area (Å²) in [5, 5.41) is 19.8. The summed E-state index contributed by atoms with van der Waals surface area (Å²) in [6.45, 7) is 1.88. The molecule has 4 nitrogen and oxygen atoms in total. The van der Waals surface area contributed by atoms with Crippen molar-refractivity contribution in [2.45, 2.75) is 18.6 Å². The van der Waals surface area contributed by atoms with Crippen molar-refractivity contribution in [2.75, 3.05) is 5.32 Å². The van der Waals surface area contributed by atoms with Crippen LogP contribution in [0.5, 0.6) is 0 Å². The number of nitrogens with zero attached hydrogens (tertiary/aromatic N) is 1. The van der Waals surface area contributed by atoms with Crippen LogP contribution in [0.25, 0.3) is 0 Å². The predicted molar refractivity (Wildman–Crippen MR) is 133 cm³/mol. The van der Waals surface area contributed by atoms with E-state index >= 15 is 0 Å². The molecule has 0 bridgehead atoms. The molecule has 0 unspecified atom stereocenters. The Balaban J connectivity index is 1.68. The number of rotatable bonds is 6. The molecule has 0 fully saturated rings. The number of nitrogens with one attached hydrogen (secondary N) is 2. The number of thioether (sulfide) groups is 1. The fourth-order valence-corrected chi connectivity index (χ4v) is 5.77. The van der Waals surface area contributed by atoms with Crippen LogP contribution in [0.3, 0.4) is 0 Å². The summed E-state index contributed by atoms with van der Waals surface area (Å²) >= 11 is 9.38. The van der Waals surface area contributed by atoms with Crippen molar-refractivity contribution in [3.05, 3.63) is 109 Å². The third-order valence-corrected chi connectivity index (χ3v) is 7.45. The number of nitriles is 1. The minimum Gasteiger partial charge on any atom is -0.353 e. The minimum absolute atomic E-state index is 0.220. The van der Waals surface area contributed by atoms with Gasteiger partial charge in [0, 0.05) is 32.6 Å². The molecule has 1 atom stereocenters. The lowest BCUT2D eigenvalue weighted by Crippen LogP contribution is -2.30. The molecule has 4 rings (SSSR count). The first kappa shape index (κ1) is 22.2. The van der Waals surface area contributed by atoms with E-state index in [0.29, 0.717) is 27.6 Å². The van der Waals surface area contributed by atoms with E-state index in [1.165, 1.54) is 23.1 Å². The van der Waals surface area contributed by atoms with Crippen molar-refractivity contribution in [3.8, 4) is 6.07 Å². The van der Waals surface area contributed by atoms with Gasteiger partial charge < -0.3 is 10.6 Å². The summed E-state index contributed by atoms with van der Waals surface area (Å²) in [5.74, 6) is -0.0374. The number of carbonyl (C=O) groups excluding carboxylic acids is 1. The molecule has 2 aromatic carbocycles. The topological polar surface area (TPSA) is 64.9 Å². The van der Waals surface area contributed by atoms with Crippen LogP contribution < -0.4 is 10.6 Å². The number of amides is 1. The van der Waals surface area contributed by atoms with Crippen LogP contribution in [0.15, 0.2) is 94.0 Å². The Morgan fingerprint density at radius 3 is 2.59 bits per heavy atom. The smallest absolute Gasteiger partial charge is 0.254 e. The van der Waals surface area contributed by atoms with Crippen molar-refractivity contribution in [2.24, 2.45) is 0 Å². The summed E-state index contributed by atoms with van der Waals surface area (Å²) in [7, 11) is 0. The Hall–Kier alpha value is -2.98. The van der Waals surface area contributed by atoms with Crippen LogP contribution in [0.4, 0.5) is 5.69 Å². The lowest BCUT2D eigenvalue weighted by Gasteiger charge is -2.29. The molecule has 1 aliphatic rings. The zero-order valence-corrected chi connectivity index (χ0v) is 19.7. The maximum atomic E-state index is 13.3. The summed E-state index contributed by atoms with van der Waals surface area (Å²) in [6, 6.07) is 23.3. The third kappa shape index (κ3) is 4.76. The van der Waals surface area contributed by atoms with Gasteiger partial charge >= 0.3 is 0 Å². The molecular weight excluding hydrogens is 458 g/mol. The van der Waals surface area contributed by atoms with E-state index in [2.05, 4.69) is 16.7 Å². The number of carbonyl (C=O) groups is 1. The van der Waals surface area contributed by atoms with Crippen molar-refractivity contribution in [1.29, 1.82) is 5.26 Å². The van der Waals surface area contributed by atoms with Gasteiger partial charge in [-0.3, -0.25) is 4.79 Å². The van der Waals surface area contributed by atoms with Gasteiger partial charge in [0.1, 0.15) is 0 Å². The zero-order valence-electron chi connectivity index (χ0n) is 17.3. The molecular formula is C25H20ClN3OS2. The fourth-order valence-electron chi connectivity index (χ4n) is 3.55. The van der Waals surface area contributed by atoms with E-state index in [-0.39, 0.29) is 5.91 Å². The lowest BCUT2D eigenvalue weighted by molar-refractivity contribution is -0.113. The van der Waals surface area contributed by atoms with E-state index in [9.17, 15) is 10.1 Å². The predicted octanol–water partition coefficient (Wildman–Crippen LogP) is 6.67. The number of hydrogen-bond acceptors (Lipinski definition) is 5. The first-order valence-corrected chi connectivity index (χ1v) is 12.2. The highest BCUT2D eigenvalue weighted by molar-refractivity contribution is 8.02. The maximum absolute atomic E-state index is 13.3. The minimum atomic E-state index is -0.432. The Bertz CT molecular complexity index is 1230. The maximum Gasteiger partial charge on any atom is 0.254 e. The van der Waals surface area contributed by atoms with E-state index in [4.69, 9.17) is 11.6 Å². The van der Waals surface area contributed by atoms with Crippen molar-refractivity contribution in [3.63, 3.8) is 0 Å². The van der Waals surface area contributed by atoms with Crippen LogP contribution in [-0.4, -0.2) is 5.91 Å². The van der Waals surface area contributed by atoms with Crippen LogP contribution in [0, 0.1) is 11.3 Å². The average molecular weight is 478 g/mol. The van der Waals surface area contributed by atoms with Crippen LogP contribution in [0.1, 0.15) is 23.3 Å². The van der Waals surface area contributed by atoms with Crippen molar-refractivity contribution < 1.29 is 4.79 Å². The van der Waals surface area contributed by atoms with Crippen LogP contribution >= 0.6 is 34.7 Å². The molecule has 0 aliphatic carbocycles. The third-order valence-electron chi connectivity index (χ3n) is 5.08. The van der Waals surface area contributed by atoms with Gasteiger partial charge in [0.15, 0.2) is 0 Å². The van der Waals surface area contributed by atoms with Crippen molar-refractivity contribution in [1.82, 2.24) is 5.32 Å². The normalized spacial score (nSPS) is 15.8. The lowest BCUT2D eigenvalue weighted by atomic mass is 9.86. The second kappa shape index (κ2) is 10.1. The summed E-state index contributed by atoms with van der Waals surface area (Å²) < 4.78 is 0. The molecule has 2 N–H and O–H groups in total. The van der Waals surface area contributed by atoms with Gasteiger partial charge in [-0.05, 0) is 42.1 Å². The number of dihydropyridines is 1. The largest absolute Gasteiger partial charge is 0.353 e. The Labute approximate surface area is 200 Å². The Morgan fingerprint density at radius 1 is 1.16 bits per heavy atom. The van der Waals surface area contributed by atoms with Crippen molar-refractivity contribution >= 4 is 46.3 Å². The number of benzene rings is 2. The van der Waals surface area contributed by atoms with Gasteiger partial charge in [-0.15, -0.1) is 23.1 Å². The molecule has 0 spiro atoms. The Morgan fingerprint density at radius 2 is 1.91 bits per heavy atom. The van der Waals surface area contributed by atoms with Crippen LogP contribution in [0.2, 0.25) is 5.02 Å². The second-order valence-corrected chi connectivity index (χ2v) is 9.54. The molecule has 0 saturated carbocycles. The molecule has 2 heterocycles. The monoisotopic (exact) mass is 477 g/mol. The quantitative estimate of drug-likeness (QED) is 0.416. The SMILES string of the molecule is CC1=C(C(=O)Nc2ccccc2)[C@H](c2cccs2)C(C#N)=C(SCc2ccccc2Cl)N1. The standard InChI is InChI=1S/C25H20ClN3OS2/c1-16-22(24(30)29-18-9-3-2-4-10-18)23(21-12-7-13-31-21)19(14-27)25(28-16)32-15-17-8-5-6-11-20(17)26/h2-13,23,28H,15H2,1H3,(H,29,30)/t23-/m0/s1. The molecule has 1 aromatic heterocycles.